The lowest BCUT2D eigenvalue weighted by molar-refractivity contribution is 0.396. The van der Waals surface area contributed by atoms with Gasteiger partial charge in [-0.25, -0.2) is 0 Å². The first kappa shape index (κ1) is 17.3. The second-order valence-electron chi connectivity index (χ2n) is 4.91. The fourth-order valence-corrected chi connectivity index (χ4v) is 3.12. The van der Waals surface area contributed by atoms with E-state index >= 15 is 0 Å². The van der Waals surface area contributed by atoms with E-state index in [2.05, 4.69) is 49.4 Å². The molecule has 0 aliphatic rings. The lowest BCUT2D eigenvalue weighted by Crippen LogP contribution is -2.16. The van der Waals surface area contributed by atoms with Gasteiger partial charge in [-0.15, -0.1) is 11.8 Å². The number of hydrogen-bond acceptors (Lipinski definition) is 4. The molecule has 3 N–H and O–H groups in total. The Kier molecular flexibility index (Phi) is 7.95. The minimum atomic E-state index is 0.470. The van der Waals surface area contributed by atoms with Crippen LogP contribution in [0.5, 0.6) is 0 Å². The number of thioether (sulfide) groups is 1. The number of thiocarbonyl (C=S) groups is 1. The zero-order valence-corrected chi connectivity index (χ0v) is 14.2. The largest absolute Gasteiger partial charge is 0.389 e. The third-order valence-electron chi connectivity index (χ3n) is 2.92. The molecular weight excluding hydrogens is 286 g/mol. The van der Waals surface area contributed by atoms with Crippen molar-refractivity contribution < 1.29 is 0 Å². The van der Waals surface area contributed by atoms with Gasteiger partial charge in [0.05, 0.1) is 0 Å². The number of nitrogens with one attached hydrogen (secondary N) is 1. The maximum absolute atomic E-state index is 5.89. The van der Waals surface area contributed by atoms with Crippen molar-refractivity contribution in [3.63, 3.8) is 0 Å². The molecule has 20 heavy (non-hydrogen) atoms. The zero-order chi connectivity index (χ0) is 15.0. The highest BCUT2D eigenvalue weighted by molar-refractivity contribution is 7.99. The number of rotatable bonds is 9. The minimum Gasteiger partial charge on any atom is -0.389 e. The predicted molar refractivity (Wildman–Crippen MR) is 95.0 cm³/mol. The molecule has 0 spiro atoms. The fraction of sp³-hybridized carbons (Fsp3) is 0.533. The molecule has 0 aromatic heterocycles. The van der Waals surface area contributed by atoms with Gasteiger partial charge in [-0.2, -0.15) is 0 Å². The van der Waals surface area contributed by atoms with Gasteiger partial charge in [-0.05, 0) is 51.4 Å². The Morgan fingerprint density at radius 3 is 2.70 bits per heavy atom. The summed E-state index contributed by atoms with van der Waals surface area (Å²) in [6.45, 7) is 4.20. The molecule has 1 aromatic rings. The van der Waals surface area contributed by atoms with E-state index in [0.29, 0.717) is 4.99 Å². The molecule has 0 saturated heterocycles. The van der Waals surface area contributed by atoms with Crippen LogP contribution in [0.25, 0.3) is 0 Å². The van der Waals surface area contributed by atoms with Gasteiger partial charge in [0.15, 0.2) is 0 Å². The lowest BCUT2D eigenvalue weighted by Gasteiger charge is -2.15. The van der Waals surface area contributed by atoms with Crippen molar-refractivity contribution in [2.24, 2.45) is 5.73 Å². The molecule has 0 radical (unpaired) electrons. The SMILES string of the molecule is CCSc1cccc(NCCCCN(C)C)c1C(N)=S. The first-order valence-corrected chi connectivity index (χ1v) is 8.39. The molecule has 1 aromatic carbocycles. The van der Waals surface area contributed by atoms with Gasteiger partial charge >= 0.3 is 0 Å². The van der Waals surface area contributed by atoms with Crippen molar-refractivity contribution in [2.45, 2.75) is 24.7 Å². The Labute approximate surface area is 132 Å². The number of nitrogens with two attached hydrogens (primary N) is 1. The molecule has 0 saturated carbocycles. The highest BCUT2D eigenvalue weighted by atomic mass is 32.2. The van der Waals surface area contributed by atoms with E-state index in [1.165, 1.54) is 11.3 Å². The summed E-state index contributed by atoms with van der Waals surface area (Å²) in [5.74, 6) is 1.02. The topological polar surface area (TPSA) is 41.3 Å². The van der Waals surface area contributed by atoms with Crippen LogP contribution in [0.1, 0.15) is 25.3 Å². The van der Waals surface area contributed by atoms with E-state index < -0.39 is 0 Å². The van der Waals surface area contributed by atoms with Crippen molar-refractivity contribution in [3.8, 4) is 0 Å². The molecule has 0 unspecified atom stereocenters. The summed E-state index contributed by atoms with van der Waals surface area (Å²) in [5.41, 5.74) is 7.93. The van der Waals surface area contributed by atoms with E-state index in [0.717, 1.165) is 36.5 Å². The first-order chi connectivity index (χ1) is 9.56. The molecule has 112 valence electrons. The Hall–Kier alpha value is -0.780. The Balaban J connectivity index is 2.64. The average molecular weight is 312 g/mol. The molecule has 0 atom stereocenters. The Bertz CT molecular complexity index is 433. The van der Waals surface area contributed by atoms with Crippen LogP contribution < -0.4 is 11.1 Å². The van der Waals surface area contributed by atoms with Crippen LogP contribution in [0.2, 0.25) is 0 Å². The highest BCUT2D eigenvalue weighted by Gasteiger charge is 2.10. The second kappa shape index (κ2) is 9.21. The van der Waals surface area contributed by atoms with Crippen LogP contribution in [0.4, 0.5) is 5.69 Å². The van der Waals surface area contributed by atoms with Crippen molar-refractivity contribution in [1.29, 1.82) is 0 Å². The Morgan fingerprint density at radius 1 is 1.35 bits per heavy atom. The smallest absolute Gasteiger partial charge is 0.107 e. The molecule has 5 heteroatoms. The van der Waals surface area contributed by atoms with Crippen LogP contribution in [0, 0.1) is 0 Å². The molecule has 0 aliphatic carbocycles. The summed E-state index contributed by atoms with van der Waals surface area (Å²) < 4.78 is 0. The maximum Gasteiger partial charge on any atom is 0.107 e. The highest BCUT2D eigenvalue weighted by Crippen LogP contribution is 2.28. The number of hydrogen-bond donors (Lipinski definition) is 2. The molecule has 0 heterocycles. The first-order valence-electron chi connectivity index (χ1n) is 7.00. The summed E-state index contributed by atoms with van der Waals surface area (Å²) in [7, 11) is 4.20. The van der Waals surface area contributed by atoms with Gasteiger partial charge in [0.25, 0.3) is 0 Å². The van der Waals surface area contributed by atoms with E-state index in [1.54, 1.807) is 11.8 Å². The second-order valence-corrected chi connectivity index (χ2v) is 6.66. The lowest BCUT2D eigenvalue weighted by atomic mass is 10.1. The van der Waals surface area contributed by atoms with Crippen molar-refractivity contribution >= 4 is 34.7 Å². The summed E-state index contributed by atoms with van der Waals surface area (Å²) in [4.78, 5) is 3.84. The van der Waals surface area contributed by atoms with Crippen LogP contribution in [0.3, 0.4) is 0 Å². The monoisotopic (exact) mass is 311 g/mol. The van der Waals surface area contributed by atoms with Crippen molar-refractivity contribution in [1.82, 2.24) is 4.90 Å². The molecule has 0 aliphatic heterocycles. The Morgan fingerprint density at radius 2 is 2.10 bits per heavy atom. The quantitative estimate of drug-likeness (QED) is 0.416. The zero-order valence-electron chi connectivity index (χ0n) is 12.6. The normalized spacial score (nSPS) is 10.8. The van der Waals surface area contributed by atoms with E-state index in [-0.39, 0.29) is 0 Å². The standard InChI is InChI=1S/C15H25N3S2/c1-4-20-13-9-7-8-12(14(13)15(16)19)17-10-5-6-11-18(2)3/h7-9,17H,4-6,10-11H2,1-3H3,(H2,16,19). The van der Waals surface area contributed by atoms with Gasteiger partial charge in [0.2, 0.25) is 0 Å². The average Bonchev–Trinajstić information content (AvgIpc) is 2.38. The fourth-order valence-electron chi connectivity index (χ4n) is 1.98. The van der Waals surface area contributed by atoms with Crippen LogP contribution in [0.15, 0.2) is 23.1 Å². The van der Waals surface area contributed by atoms with Gasteiger partial charge in [-0.1, -0.05) is 25.2 Å². The molecule has 0 amide bonds. The summed E-state index contributed by atoms with van der Waals surface area (Å²) >= 11 is 6.98. The minimum absolute atomic E-state index is 0.470. The van der Waals surface area contributed by atoms with E-state index in [1.807, 2.05) is 0 Å². The number of anilines is 1. The molecular formula is C15H25N3S2. The van der Waals surface area contributed by atoms with E-state index in [4.69, 9.17) is 18.0 Å². The van der Waals surface area contributed by atoms with Crippen LogP contribution in [-0.4, -0.2) is 42.8 Å². The van der Waals surface area contributed by atoms with Crippen molar-refractivity contribution in [2.75, 3.05) is 38.3 Å². The maximum atomic E-state index is 5.89. The van der Waals surface area contributed by atoms with Crippen molar-refractivity contribution in [3.05, 3.63) is 23.8 Å². The molecule has 1 rings (SSSR count). The third kappa shape index (κ3) is 5.69. The molecule has 0 bridgehead atoms. The van der Waals surface area contributed by atoms with Gasteiger partial charge in [-0.3, -0.25) is 0 Å². The predicted octanol–water partition coefficient (Wildman–Crippen LogP) is 3.19. The summed E-state index contributed by atoms with van der Waals surface area (Å²) in [6.07, 6.45) is 2.33. The number of nitrogens with zero attached hydrogens (tertiary/aromatic N) is 1. The summed E-state index contributed by atoms with van der Waals surface area (Å²) in [6, 6.07) is 6.20. The molecule has 3 nitrogen and oxygen atoms in total. The number of unbranched alkanes of at least 4 members (excludes halogenated alkanes) is 1. The van der Waals surface area contributed by atoms with Gasteiger partial charge in [0.1, 0.15) is 4.99 Å². The molecule has 0 fully saturated rings. The van der Waals surface area contributed by atoms with Crippen LogP contribution >= 0.6 is 24.0 Å². The van der Waals surface area contributed by atoms with E-state index in [9.17, 15) is 0 Å². The number of benzene rings is 1. The third-order valence-corrected chi connectivity index (χ3v) is 4.06. The van der Waals surface area contributed by atoms with Gasteiger partial charge in [0, 0.05) is 22.7 Å². The summed E-state index contributed by atoms with van der Waals surface area (Å²) in [5, 5.41) is 3.47. The van der Waals surface area contributed by atoms with Crippen LogP contribution in [-0.2, 0) is 0 Å². The van der Waals surface area contributed by atoms with Gasteiger partial charge < -0.3 is 16.0 Å².